The molecule has 0 aliphatic rings. The summed E-state index contributed by atoms with van der Waals surface area (Å²) in [6.07, 6.45) is -3.52. The van der Waals surface area contributed by atoms with Crippen molar-refractivity contribution in [2.24, 2.45) is 0 Å². The number of carbonyl (C=O) groups is 1. The van der Waals surface area contributed by atoms with Crippen molar-refractivity contribution >= 4 is 5.97 Å². The lowest BCUT2D eigenvalue weighted by Crippen LogP contribution is -2.26. The van der Waals surface area contributed by atoms with E-state index in [9.17, 15) is 14.3 Å². The van der Waals surface area contributed by atoms with Gasteiger partial charge in [0.1, 0.15) is 6.10 Å². The minimum Gasteiger partial charge on any atom is -0.464 e. The number of esters is 1. The number of aliphatic hydroxyl groups excluding tert-OH is 1. The Balaban J connectivity index is 2.91. The number of rotatable bonds is 4. The van der Waals surface area contributed by atoms with Gasteiger partial charge in [0.05, 0.1) is 6.61 Å². The first-order valence-electron chi connectivity index (χ1n) is 5.53. The van der Waals surface area contributed by atoms with Crippen molar-refractivity contribution in [3.8, 4) is 0 Å². The Kier molecular flexibility index (Phi) is 4.63. The number of alkyl halides is 1. The van der Waals surface area contributed by atoms with E-state index in [1.165, 1.54) is 0 Å². The summed E-state index contributed by atoms with van der Waals surface area (Å²) >= 11 is 0. The number of halogens is 1. The van der Waals surface area contributed by atoms with E-state index in [0.29, 0.717) is 5.56 Å². The van der Waals surface area contributed by atoms with Crippen LogP contribution < -0.4 is 0 Å². The maximum absolute atomic E-state index is 13.6. The van der Waals surface area contributed by atoms with Gasteiger partial charge in [-0.2, -0.15) is 0 Å². The molecule has 1 N–H and O–H groups in total. The Morgan fingerprint density at radius 2 is 2.12 bits per heavy atom. The van der Waals surface area contributed by atoms with Gasteiger partial charge < -0.3 is 9.84 Å². The Labute approximate surface area is 100 Å². The van der Waals surface area contributed by atoms with Gasteiger partial charge in [0.15, 0.2) is 0 Å². The van der Waals surface area contributed by atoms with Crippen LogP contribution in [0.1, 0.15) is 29.7 Å². The summed E-state index contributed by atoms with van der Waals surface area (Å²) in [5.74, 6) is -1.03. The van der Waals surface area contributed by atoms with Gasteiger partial charge in [-0.1, -0.05) is 23.8 Å². The monoisotopic (exact) mass is 240 g/mol. The van der Waals surface area contributed by atoms with Crippen molar-refractivity contribution in [1.29, 1.82) is 0 Å². The maximum Gasteiger partial charge on any atom is 0.343 e. The molecule has 17 heavy (non-hydrogen) atoms. The third-order valence-electron chi connectivity index (χ3n) is 2.54. The molecule has 1 rings (SSSR count). The standard InChI is InChI=1S/C13H17FO3/c1-4-17-13(16)11(14)12(15)10-7-8(2)5-6-9(10)3/h5-7,11-12,15H,4H2,1-3H3. The van der Waals surface area contributed by atoms with E-state index in [4.69, 9.17) is 0 Å². The molecule has 0 aliphatic heterocycles. The average molecular weight is 240 g/mol. The van der Waals surface area contributed by atoms with E-state index in [2.05, 4.69) is 4.74 Å². The van der Waals surface area contributed by atoms with Gasteiger partial charge in [-0.25, -0.2) is 9.18 Å². The molecule has 0 bridgehead atoms. The van der Waals surface area contributed by atoms with E-state index in [0.717, 1.165) is 11.1 Å². The second-order valence-electron chi connectivity index (χ2n) is 3.96. The first kappa shape index (κ1) is 13.6. The Morgan fingerprint density at radius 3 is 2.71 bits per heavy atom. The van der Waals surface area contributed by atoms with Crippen molar-refractivity contribution in [1.82, 2.24) is 0 Å². The normalized spacial score (nSPS) is 14.2. The zero-order chi connectivity index (χ0) is 13.0. The molecular formula is C13H17FO3. The van der Waals surface area contributed by atoms with Crippen LogP contribution in [0.4, 0.5) is 4.39 Å². The van der Waals surface area contributed by atoms with Gasteiger partial charge in [0.25, 0.3) is 0 Å². The fourth-order valence-corrected chi connectivity index (χ4v) is 1.59. The molecule has 1 aromatic rings. The summed E-state index contributed by atoms with van der Waals surface area (Å²) in [4.78, 5) is 11.2. The third-order valence-corrected chi connectivity index (χ3v) is 2.54. The molecule has 0 saturated heterocycles. The summed E-state index contributed by atoms with van der Waals surface area (Å²) in [5.41, 5.74) is 2.07. The summed E-state index contributed by atoms with van der Waals surface area (Å²) in [6.45, 7) is 5.29. The molecule has 0 spiro atoms. The van der Waals surface area contributed by atoms with Crippen LogP contribution in [0, 0.1) is 13.8 Å². The van der Waals surface area contributed by atoms with Crippen LogP contribution >= 0.6 is 0 Å². The zero-order valence-corrected chi connectivity index (χ0v) is 10.2. The topological polar surface area (TPSA) is 46.5 Å². The highest BCUT2D eigenvalue weighted by atomic mass is 19.1. The largest absolute Gasteiger partial charge is 0.464 e. The smallest absolute Gasteiger partial charge is 0.343 e. The minimum absolute atomic E-state index is 0.0960. The molecule has 0 saturated carbocycles. The van der Waals surface area contributed by atoms with Crippen LogP contribution in [0.5, 0.6) is 0 Å². The van der Waals surface area contributed by atoms with E-state index in [1.54, 1.807) is 26.0 Å². The summed E-state index contributed by atoms with van der Waals surface area (Å²) in [6, 6.07) is 5.32. The summed E-state index contributed by atoms with van der Waals surface area (Å²) in [5, 5.41) is 9.82. The number of aryl methyl sites for hydroxylation is 2. The van der Waals surface area contributed by atoms with Gasteiger partial charge >= 0.3 is 5.97 Å². The van der Waals surface area contributed by atoms with Gasteiger partial charge in [-0.3, -0.25) is 0 Å². The van der Waals surface area contributed by atoms with Crippen LogP contribution in [-0.4, -0.2) is 23.9 Å². The highest BCUT2D eigenvalue weighted by molar-refractivity contribution is 5.75. The Morgan fingerprint density at radius 1 is 1.47 bits per heavy atom. The number of benzene rings is 1. The molecule has 1 aromatic carbocycles. The fourth-order valence-electron chi connectivity index (χ4n) is 1.59. The van der Waals surface area contributed by atoms with Gasteiger partial charge in [0.2, 0.25) is 6.17 Å². The van der Waals surface area contributed by atoms with Crippen LogP contribution in [0.25, 0.3) is 0 Å². The molecule has 2 atom stereocenters. The average Bonchev–Trinajstić information content (AvgIpc) is 2.30. The number of ether oxygens (including phenoxy) is 1. The Bertz CT molecular complexity index is 404. The Hall–Kier alpha value is -1.42. The molecule has 0 fully saturated rings. The second kappa shape index (κ2) is 5.77. The molecule has 3 nitrogen and oxygen atoms in total. The first-order chi connectivity index (χ1) is 7.97. The molecule has 4 heteroatoms. The SMILES string of the molecule is CCOC(=O)C(F)C(O)c1cc(C)ccc1C. The fraction of sp³-hybridized carbons (Fsp3) is 0.462. The lowest BCUT2D eigenvalue weighted by Gasteiger charge is -2.17. The molecule has 2 unspecified atom stereocenters. The maximum atomic E-state index is 13.6. The molecule has 94 valence electrons. The molecule has 0 aliphatic carbocycles. The van der Waals surface area contributed by atoms with Crippen LogP contribution in [0.3, 0.4) is 0 Å². The predicted molar refractivity (Wildman–Crippen MR) is 62.4 cm³/mol. The number of hydrogen-bond donors (Lipinski definition) is 1. The number of hydrogen-bond acceptors (Lipinski definition) is 3. The highest BCUT2D eigenvalue weighted by Gasteiger charge is 2.29. The first-order valence-corrected chi connectivity index (χ1v) is 5.53. The minimum atomic E-state index is -2.05. The molecular weight excluding hydrogens is 223 g/mol. The number of carbonyl (C=O) groups excluding carboxylic acids is 1. The second-order valence-corrected chi connectivity index (χ2v) is 3.96. The quantitative estimate of drug-likeness (QED) is 0.821. The molecule has 0 aromatic heterocycles. The van der Waals surface area contributed by atoms with Crippen molar-refractivity contribution in [2.75, 3.05) is 6.61 Å². The van der Waals surface area contributed by atoms with Crippen LogP contribution in [-0.2, 0) is 9.53 Å². The lowest BCUT2D eigenvalue weighted by molar-refractivity contribution is -0.153. The summed E-state index contributed by atoms with van der Waals surface area (Å²) < 4.78 is 18.2. The molecule has 0 heterocycles. The van der Waals surface area contributed by atoms with Crippen molar-refractivity contribution in [2.45, 2.75) is 33.0 Å². The van der Waals surface area contributed by atoms with Gasteiger partial charge in [-0.15, -0.1) is 0 Å². The number of aliphatic hydroxyl groups is 1. The van der Waals surface area contributed by atoms with Crippen molar-refractivity contribution < 1.29 is 19.0 Å². The molecule has 0 radical (unpaired) electrons. The third kappa shape index (κ3) is 3.27. The van der Waals surface area contributed by atoms with E-state index >= 15 is 0 Å². The van der Waals surface area contributed by atoms with E-state index < -0.39 is 18.2 Å². The van der Waals surface area contributed by atoms with Gasteiger partial charge in [0, 0.05) is 0 Å². The van der Waals surface area contributed by atoms with Crippen molar-refractivity contribution in [3.63, 3.8) is 0 Å². The molecule has 0 amide bonds. The van der Waals surface area contributed by atoms with Crippen molar-refractivity contribution in [3.05, 3.63) is 34.9 Å². The van der Waals surface area contributed by atoms with Gasteiger partial charge in [-0.05, 0) is 31.9 Å². The lowest BCUT2D eigenvalue weighted by atomic mass is 9.98. The van der Waals surface area contributed by atoms with Crippen LogP contribution in [0.2, 0.25) is 0 Å². The zero-order valence-electron chi connectivity index (χ0n) is 10.2. The van der Waals surface area contributed by atoms with Crippen LogP contribution in [0.15, 0.2) is 18.2 Å². The van der Waals surface area contributed by atoms with E-state index in [-0.39, 0.29) is 6.61 Å². The highest BCUT2D eigenvalue weighted by Crippen LogP contribution is 2.24. The predicted octanol–water partition coefficient (Wildman–Crippen LogP) is 2.24. The summed E-state index contributed by atoms with van der Waals surface area (Å²) in [7, 11) is 0. The van der Waals surface area contributed by atoms with E-state index in [1.807, 2.05) is 13.0 Å².